The molecule has 1 unspecified atom stereocenters. The van der Waals surface area contributed by atoms with Crippen LogP contribution < -0.4 is 4.74 Å². The Morgan fingerprint density at radius 1 is 1.33 bits per heavy atom. The highest BCUT2D eigenvalue weighted by molar-refractivity contribution is 9.09. The maximum Gasteiger partial charge on any atom is 0.216 e. The van der Waals surface area contributed by atoms with Gasteiger partial charge in [-0.1, -0.05) is 35.7 Å². The first-order valence-electron chi connectivity index (χ1n) is 6.68. The number of nitrogens with zero attached hydrogens (tertiary/aromatic N) is 2. The molecule has 0 saturated heterocycles. The van der Waals surface area contributed by atoms with Gasteiger partial charge in [-0.15, -0.1) is 0 Å². The van der Waals surface area contributed by atoms with Crippen molar-refractivity contribution in [3.05, 3.63) is 18.1 Å². The zero-order valence-corrected chi connectivity index (χ0v) is 12.7. The van der Waals surface area contributed by atoms with E-state index in [-0.39, 0.29) is 0 Å². The van der Waals surface area contributed by atoms with Gasteiger partial charge in [-0.3, -0.25) is 0 Å². The highest BCUT2D eigenvalue weighted by Crippen LogP contribution is 2.34. The summed E-state index contributed by atoms with van der Waals surface area (Å²) in [4.78, 5) is 8.87. The molecule has 0 N–H and O–H groups in total. The molecule has 1 aliphatic carbocycles. The Labute approximate surface area is 117 Å². The summed E-state index contributed by atoms with van der Waals surface area (Å²) < 4.78 is 5.13. The van der Waals surface area contributed by atoms with Gasteiger partial charge >= 0.3 is 0 Å². The topological polar surface area (TPSA) is 35.0 Å². The van der Waals surface area contributed by atoms with Crippen LogP contribution in [0.2, 0.25) is 0 Å². The molecule has 3 nitrogen and oxygen atoms in total. The van der Waals surface area contributed by atoms with E-state index in [1.54, 1.807) is 13.4 Å². The molecule has 0 amide bonds. The second kappa shape index (κ2) is 6.50. The normalized spacial score (nSPS) is 25.7. The van der Waals surface area contributed by atoms with E-state index in [1.165, 1.54) is 25.7 Å². The van der Waals surface area contributed by atoms with E-state index < -0.39 is 0 Å². The fraction of sp³-hybridized carbons (Fsp3) is 0.714. The molecule has 18 heavy (non-hydrogen) atoms. The van der Waals surface area contributed by atoms with Crippen LogP contribution in [0.1, 0.15) is 38.3 Å². The summed E-state index contributed by atoms with van der Waals surface area (Å²) in [6.45, 7) is 2.36. The summed E-state index contributed by atoms with van der Waals surface area (Å²) in [7, 11) is 1.64. The molecule has 1 aliphatic rings. The van der Waals surface area contributed by atoms with Gasteiger partial charge in [0.2, 0.25) is 5.88 Å². The Morgan fingerprint density at radius 2 is 2.06 bits per heavy atom. The largest absolute Gasteiger partial charge is 0.481 e. The van der Waals surface area contributed by atoms with Crippen molar-refractivity contribution in [2.75, 3.05) is 7.11 Å². The van der Waals surface area contributed by atoms with Gasteiger partial charge in [-0.2, -0.15) is 0 Å². The van der Waals surface area contributed by atoms with Crippen LogP contribution in [-0.2, 0) is 6.42 Å². The third-order valence-electron chi connectivity index (χ3n) is 3.88. The average Bonchev–Trinajstić information content (AvgIpc) is 2.39. The summed E-state index contributed by atoms with van der Waals surface area (Å²) in [6, 6.07) is 1.93. The number of halogens is 1. The Balaban J connectivity index is 1.91. The SMILES string of the molecule is COc1cc(CC(Br)C2CCC(C)CC2)ncn1. The standard InChI is InChI=1S/C14H21BrN2O/c1-10-3-5-11(6-4-10)13(15)7-12-8-14(18-2)17-9-16-12/h8-11,13H,3-7H2,1-2H3. The van der Waals surface area contributed by atoms with E-state index in [0.29, 0.717) is 10.7 Å². The zero-order chi connectivity index (χ0) is 13.0. The summed E-state index contributed by atoms with van der Waals surface area (Å²) in [5.41, 5.74) is 1.06. The molecule has 1 atom stereocenters. The lowest BCUT2D eigenvalue weighted by atomic mass is 9.80. The van der Waals surface area contributed by atoms with Crippen molar-refractivity contribution < 1.29 is 4.74 Å². The molecule has 1 aromatic rings. The number of hydrogen-bond acceptors (Lipinski definition) is 3. The van der Waals surface area contributed by atoms with Crippen LogP contribution in [-0.4, -0.2) is 21.9 Å². The van der Waals surface area contributed by atoms with Gasteiger partial charge in [0.25, 0.3) is 0 Å². The van der Waals surface area contributed by atoms with E-state index in [0.717, 1.165) is 24.0 Å². The second-order valence-corrected chi connectivity index (χ2v) is 6.47. The highest BCUT2D eigenvalue weighted by atomic mass is 79.9. The molecule has 1 aromatic heterocycles. The summed E-state index contributed by atoms with van der Waals surface area (Å²) in [5.74, 6) is 2.33. The van der Waals surface area contributed by atoms with Crippen LogP contribution >= 0.6 is 15.9 Å². The van der Waals surface area contributed by atoms with Crippen LogP contribution in [0.25, 0.3) is 0 Å². The minimum absolute atomic E-state index is 0.518. The molecule has 1 heterocycles. The monoisotopic (exact) mass is 312 g/mol. The first-order valence-corrected chi connectivity index (χ1v) is 7.59. The Kier molecular flexibility index (Phi) is 4.98. The number of alkyl halides is 1. The molecule has 0 aliphatic heterocycles. The van der Waals surface area contributed by atoms with Gasteiger partial charge in [0.05, 0.1) is 7.11 Å². The van der Waals surface area contributed by atoms with Gasteiger partial charge in [0, 0.05) is 23.0 Å². The predicted octanol–water partition coefficient (Wildman–Crippen LogP) is 3.62. The van der Waals surface area contributed by atoms with Gasteiger partial charge in [0.1, 0.15) is 6.33 Å². The lowest BCUT2D eigenvalue weighted by molar-refractivity contribution is 0.285. The van der Waals surface area contributed by atoms with E-state index in [9.17, 15) is 0 Å². The minimum Gasteiger partial charge on any atom is -0.481 e. The zero-order valence-electron chi connectivity index (χ0n) is 11.1. The van der Waals surface area contributed by atoms with Crippen molar-refractivity contribution >= 4 is 15.9 Å². The molecule has 0 aromatic carbocycles. The summed E-state index contributed by atoms with van der Waals surface area (Å²) in [6.07, 6.45) is 7.92. The third-order valence-corrected chi connectivity index (χ3v) is 4.96. The number of hydrogen-bond donors (Lipinski definition) is 0. The molecular formula is C14H21BrN2O. The van der Waals surface area contributed by atoms with Gasteiger partial charge in [0.15, 0.2) is 0 Å². The van der Waals surface area contributed by atoms with Crippen LogP contribution in [0.15, 0.2) is 12.4 Å². The number of rotatable bonds is 4. The quantitative estimate of drug-likeness (QED) is 0.796. The van der Waals surface area contributed by atoms with Crippen molar-refractivity contribution in [2.45, 2.75) is 43.9 Å². The van der Waals surface area contributed by atoms with Crippen LogP contribution in [0, 0.1) is 11.8 Å². The van der Waals surface area contributed by atoms with Crippen molar-refractivity contribution in [1.29, 1.82) is 0 Å². The fourth-order valence-electron chi connectivity index (χ4n) is 2.61. The number of methoxy groups -OCH3 is 1. The molecule has 100 valence electrons. The van der Waals surface area contributed by atoms with E-state index in [1.807, 2.05) is 6.07 Å². The van der Waals surface area contributed by atoms with E-state index >= 15 is 0 Å². The van der Waals surface area contributed by atoms with Gasteiger partial charge in [-0.05, 0) is 24.7 Å². The molecule has 1 saturated carbocycles. The van der Waals surface area contributed by atoms with Crippen LogP contribution in [0.4, 0.5) is 0 Å². The predicted molar refractivity (Wildman–Crippen MR) is 76.1 cm³/mol. The van der Waals surface area contributed by atoms with Crippen molar-refractivity contribution in [3.8, 4) is 5.88 Å². The van der Waals surface area contributed by atoms with Crippen LogP contribution in [0.5, 0.6) is 5.88 Å². The maximum atomic E-state index is 5.13. The van der Waals surface area contributed by atoms with E-state index in [2.05, 4.69) is 32.8 Å². The molecule has 1 fully saturated rings. The third kappa shape index (κ3) is 3.67. The average molecular weight is 313 g/mol. The Hall–Kier alpha value is -0.640. The van der Waals surface area contributed by atoms with Gasteiger partial charge < -0.3 is 4.74 Å². The van der Waals surface area contributed by atoms with Crippen LogP contribution in [0.3, 0.4) is 0 Å². The summed E-state index contributed by atoms with van der Waals surface area (Å²) in [5, 5.41) is 0. The van der Waals surface area contributed by atoms with Gasteiger partial charge in [-0.25, -0.2) is 9.97 Å². The van der Waals surface area contributed by atoms with Crippen molar-refractivity contribution in [1.82, 2.24) is 9.97 Å². The lowest BCUT2D eigenvalue weighted by Crippen LogP contribution is -2.22. The number of aromatic nitrogens is 2. The molecule has 4 heteroatoms. The molecular weight excluding hydrogens is 292 g/mol. The first kappa shape index (κ1) is 13.8. The smallest absolute Gasteiger partial charge is 0.216 e. The first-order chi connectivity index (χ1) is 8.69. The lowest BCUT2D eigenvalue weighted by Gasteiger charge is -2.29. The fourth-order valence-corrected chi connectivity index (χ4v) is 3.47. The van der Waals surface area contributed by atoms with Crippen molar-refractivity contribution in [2.24, 2.45) is 11.8 Å². The minimum atomic E-state index is 0.518. The number of ether oxygens (including phenoxy) is 1. The summed E-state index contributed by atoms with van der Waals surface area (Å²) >= 11 is 3.84. The molecule has 0 radical (unpaired) electrons. The molecule has 0 bridgehead atoms. The highest BCUT2D eigenvalue weighted by Gasteiger charge is 2.24. The molecule has 2 rings (SSSR count). The maximum absolute atomic E-state index is 5.13. The Morgan fingerprint density at radius 3 is 2.72 bits per heavy atom. The van der Waals surface area contributed by atoms with E-state index in [4.69, 9.17) is 4.74 Å². The Bertz CT molecular complexity index is 378. The molecule has 0 spiro atoms. The van der Waals surface area contributed by atoms with Crippen molar-refractivity contribution in [3.63, 3.8) is 0 Å². The second-order valence-electron chi connectivity index (χ2n) is 5.29.